The number of aromatic nitrogens is 1. The van der Waals surface area contributed by atoms with E-state index in [0.29, 0.717) is 0 Å². The topological polar surface area (TPSA) is 8.17 Å². The lowest BCUT2D eigenvalue weighted by atomic mass is 9.82. The minimum atomic E-state index is -0.0943. The normalized spacial score (nSPS) is 12.7. The summed E-state index contributed by atoms with van der Waals surface area (Å²) >= 11 is 0. The van der Waals surface area contributed by atoms with E-state index in [4.69, 9.17) is 0 Å². The lowest BCUT2D eigenvalue weighted by Gasteiger charge is -2.29. The number of rotatable bonds is 7. The third-order valence-corrected chi connectivity index (χ3v) is 13.4. The molecule has 0 saturated carbocycles. The molecule has 0 aliphatic heterocycles. The van der Waals surface area contributed by atoms with Gasteiger partial charge in [-0.3, -0.25) is 0 Å². The molecule has 298 valence electrons. The van der Waals surface area contributed by atoms with E-state index >= 15 is 0 Å². The second-order valence-electron chi connectivity index (χ2n) is 17.4. The van der Waals surface area contributed by atoms with Crippen LogP contribution in [-0.2, 0) is 5.41 Å². The predicted molar refractivity (Wildman–Crippen MR) is 267 cm³/mol. The monoisotopic (exact) mass is 804 g/mol. The van der Waals surface area contributed by atoms with Crippen LogP contribution in [0.15, 0.2) is 231 Å². The zero-order valence-electron chi connectivity index (χ0n) is 35.3. The van der Waals surface area contributed by atoms with Crippen LogP contribution in [0.5, 0.6) is 0 Å². The first-order valence-electron chi connectivity index (χ1n) is 21.9. The molecule has 1 aliphatic rings. The van der Waals surface area contributed by atoms with Gasteiger partial charge in [-0.15, -0.1) is 0 Å². The fraction of sp³-hybridized carbons (Fsp3) is 0.0492. The third kappa shape index (κ3) is 6.09. The second-order valence-corrected chi connectivity index (χ2v) is 17.4. The van der Waals surface area contributed by atoms with Gasteiger partial charge in [-0.05, 0) is 122 Å². The number of fused-ring (bicyclic) bond motifs is 7. The predicted octanol–water partition coefficient (Wildman–Crippen LogP) is 16.7. The molecule has 0 amide bonds. The number of hydrogen-bond acceptors (Lipinski definition) is 1. The van der Waals surface area contributed by atoms with Gasteiger partial charge in [0.2, 0.25) is 0 Å². The summed E-state index contributed by atoms with van der Waals surface area (Å²) in [6.07, 6.45) is 0. The van der Waals surface area contributed by atoms with Crippen LogP contribution in [-0.4, -0.2) is 4.57 Å². The third-order valence-electron chi connectivity index (χ3n) is 13.4. The van der Waals surface area contributed by atoms with Crippen LogP contribution >= 0.6 is 0 Å². The fourth-order valence-electron chi connectivity index (χ4n) is 10.2. The van der Waals surface area contributed by atoms with Crippen LogP contribution in [0, 0.1) is 0 Å². The Morgan fingerprint density at radius 1 is 0.349 bits per heavy atom. The summed E-state index contributed by atoms with van der Waals surface area (Å²) < 4.78 is 2.39. The van der Waals surface area contributed by atoms with Gasteiger partial charge in [0, 0.05) is 38.6 Å². The van der Waals surface area contributed by atoms with Crippen LogP contribution in [0.4, 0.5) is 17.1 Å². The smallest absolute Gasteiger partial charge is 0.0541 e. The van der Waals surface area contributed by atoms with Crippen LogP contribution in [0.2, 0.25) is 0 Å². The van der Waals surface area contributed by atoms with E-state index in [1.807, 2.05) is 0 Å². The summed E-state index contributed by atoms with van der Waals surface area (Å²) in [6, 6.07) is 84.5. The van der Waals surface area contributed by atoms with Gasteiger partial charge in [0.25, 0.3) is 0 Å². The first-order valence-corrected chi connectivity index (χ1v) is 21.9. The summed E-state index contributed by atoms with van der Waals surface area (Å²) in [5.74, 6) is 0. The highest BCUT2D eigenvalue weighted by molar-refractivity contribution is 6.10. The zero-order chi connectivity index (χ0) is 42.1. The first-order chi connectivity index (χ1) is 31.0. The minimum absolute atomic E-state index is 0.0943. The molecule has 0 atom stereocenters. The maximum absolute atomic E-state index is 2.43. The number of hydrogen-bond donors (Lipinski definition) is 0. The number of para-hydroxylation sites is 1. The Hall–Kier alpha value is -7.94. The molecule has 0 unspecified atom stereocenters. The van der Waals surface area contributed by atoms with E-state index in [0.717, 1.165) is 17.1 Å². The van der Waals surface area contributed by atoms with Crippen molar-refractivity contribution in [2.45, 2.75) is 19.3 Å². The van der Waals surface area contributed by atoms with Crippen LogP contribution < -0.4 is 4.90 Å². The molecule has 2 heteroatoms. The molecule has 1 heterocycles. The van der Waals surface area contributed by atoms with Gasteiger partial charge in [0.05, 0.1) is 16.7 Å². The molecule has 11 aromatic rings. The first kappa shape index (κ1) is 36.9. The minimum Gasteiger partial charge on any atom is -0.310 e. The highest BCUT2D eigenvalue weighted by Gasteiger charge is 2.35. The van der Waals surface area contributed by atoms with Crippen molar-refractivity contribution in [3.63, 3.8) is 0 Å². The molecule has 0 saturated heterocycles. The molecule has 1 aromatic heterocycles. The van der Waals surface area contributed by atoms with Gasteiger partial charge < -0.3 is 9.47 Å². The van der Waals surface area contributed by atoms with Gasteiger partial charge in [0.1, 0.15) is 0 Å². The van der Waals surface area contributed by atoms with Crippen molar-refractivity contribution < 1.29 is 0 Å². The average molecular weight is 805 g/mol. The van der Waals surface area contributed by atoms with Crippen molar-refractivity contribution in [3.05, 3.63) is 242 Å². The van der Waals surface area contributed by atoms with Gasteiger partial charge >= 0.3 is 0 Å². The van der Waals surface area contributed by atoms with Crippen LogP contribution in [0.1, 0.15) is 25.0 Å². The van der Waals surface area contributed by atoms with Crippen LogP contribution in [0.25, 0.3) is 82.8 Å². The Morgan fingerprint density at radius 3 is 1.67 bits per heavy atom. The van der Waals surface area contributed by atoms with Gasteiger partial charge in [-0.25, -0.2) is 0 Å². The van der Waals surface area contributed by atoms with Crippen LogP contribution in [0.3, 0.4) is 0 Å². The van der Waals surface area contributed by atoms with Crippen molar-refractivity contribution >= 4 is 49.6 Å². The number of nitrogens with zero attached hydrogens (tertiary/aromatic N) is 2. The summed E-state index contributed by atoms with van der Waals surface area (Å²) in [7, 11) is 0. The Kier molecular flexibility index (Phi) is 8.55. The summed E-state index contributed by atoms with van der Waals surface area (Å²) in [5.41, 5.74) is 19.6. The SMILES string of the molecule is CC1(C)c2ccccc2-c2ccc(N(c3ccc(-c4ccc(-c5ccc6c(c5)c5ccccc5n6-c5ccc(-c6ccccc6)cc5)cc4)cc3)c3cccc4ccccc34)cc21. The van der Waals surface area contributed by atoms with Gasteiger partial charge in [-0.2, -0.15) is 0 Å². The van der Waals surface area contributed by atoms with E-state index in [2.05, 4.69) is 254 Å². The van der Waals surface area contributed by atoms with Crippen molar-refractivity contribution in [2.24, 2.45) is 0 Å². The molecule has 12 rings (SSSR count). The fourth-order valence-corrected chi connectivity index (χ4v) is 10.2. The Morgan fingerprint density at radius 2 is 0.889 bits per heavy atom. The quantitative estimate of drug-likeness (QED) is 0.156. The molecule has 2 nitrogen and oxygen atoms in total. The maximum atomic E-state index is 2.43. The largest absolute Gasteiger partial charge is 0.310 e. The van der Waals surface area contributed by atoms with E-state index in [9.17, 15) is 0 Å². The lowest BCUT2D eigenvalue weighted by molar-refractivity contribution is 0.660. The molecular weight excluding hydrogens is 761 g/mol. The molecule has 0 spiro atoms. The zero-order valence-corrected chi connectivity index (χ0v) is 35.3. The molecular formula is C61H44N2. The number of benzene rings is 10. The molecule has 0 bridgehead atoms. The summed E-state index contributed by atoms with van der Waals surface area (Å²) in [6.45, 7) is 4.71. The van der Waals surface area contributed by atoms with Gasteiger partial charge in [0.15, 0.2) is 0 Å². The maximum Gasteiger partial charge on any atom is 0.0541 e. The van der Waals surface area contributed by atoms with E-state index in [-0.39, 0.29) is 5.41 Å². The van der Waals surface area contributed by atoms with Gasteiger partial charge in [-0.1, -0.05) is 184 Å². The van der Waals surface area contributed by atoms with Crippen molar-refractivity contribution in [1.82, 2.24) is 4.57 Å². The van der Waals surface area contributed by atoms with E-state index in [1.54, 1.807) is 0 Å². The summed E-state index contributed by atoms with van der Waals surface area (Å²) in [4.78, 5) is 2.43. The van der Waals surface area contributed by atoms with E-state index in [1.165, 1.54) is 93.9 Å². The van der Waals surface area contributed by atoms with Crippen molar-refractivity contribution in [3.8, 4) is 50.2 Å². The standard InChI is InChI=1S/C61H44N2/c1-61(2)56-20-10-8-18-52(56)53-37-36-50(40-57(53)61)62(58-22-12-16-46-15-6-7-17-51(46)58)48-32-27-44(28-33-48)42-23-25-45(26-24-42)47-31-38-60-55(39-47)54-19-9-11-21-59(54)63(60)49-34-29-43(30-35-49)41-13-4-3-5-14-41/h3-40H,1-2H3. The van der Waals surface area contributed by atoms with Crippen molar-refractivity contribution in [1.29, 1.82) is 0 Å². The van der Waals surface area contributed by atoms with Crippen molar-refractivity contribution in [2.75, 3.05) is 4.90 Å². The average Bonchev–Trinajstić information content (AvgIpc) is 3.80. The van der Waals surface area contributed by atoms with E-state index < -0.39 is 0 Å². The summed E-state index contributed by atoms with van der Waals surface area (Å²) in [5, 5.41) is 4.96. The lowest BCUT2D eigenvalue weighted by Crippen LogP contribution is -2.16. The molecule has 63 heavy (non-hydrogen) atoms. The second kappa shape index (κ2) is 14.6. The molecule has 1 aliphatic carbocycles. The molecule has 0 N–H and O–H groups in total. The Bertz CT molecular complexity index is 3500. The number of anilines is 3. The molecule has 10 aromatic carbocycles. The highest BCUT2D eigenvalue weighted by atomic mass is 15.1. The molecule has 0 radical (unpaired) electrons. The molecule has 0 fully saturated rings. The highest BCUT2D eigenvalue weighted by Crippen LogP contribution is 2.51. The Labute approximate surface area is 368 Å². The Balaban J connectivity index is 0.876.